The number of likely N-dealkylation sites (N-methyl/N-ethyl adjacent to an activating group) is 1. The molecule has 2 unspecified atom stereocenters. The van der Waals surface area contributed by atoms with E-state index in [1.54, 1.807) is 6.07 Å². The molecule has 2 N–H and O–H groups in total. The molecule has 0 aliphatic carbocycles. The number of piperazine rings is 1. The fraction of sp³-hybridized carbons (Fsp3) is 0.500. The van der Waals surface area contributed by atoms with Crippen LogP contribution in [0, 0.1) is 11.6 Å². The molecule has 0 amide bonds. The average molecular weight is 299 g/mol. The number of nitrogens with zero attached hydrogens (tertiary/aromatic N) is 2. The van der Waals surface area contributed by atoms with E-state index in [-0.39, 0.29) is 28.3 Å². The first-order valence-corrected chi connectivity index (χ1v) is 6.98. The zero-order valence-electron chi connectivity index (χ0n) is 11.9. The fourth-order valence-corrected chi connectivity index (χ4v) is 2.73. The van der Waals surface area contributed by atoms with E-state index >= 15 is 0 Å². The Bertz CT molecular complexity index is 523. The van der Waals surface area contributed by atoms with E-state index in [9.17, 15) is 8.78 Å². The number of nitrogens with two attached hydrogens (primary N) is 1. The van der Waals surface area contributed by atoms with Gasteiger partial charge in [0.25, 0.3) is 0 Å². The van der Waals surface area contributed by atoms with E-state index in [1.165, 1.54) is 6.07 Å². The molecule has 0 aromatic heterocycles. The summed E-state index contributed by atoms with van der Waals surface area (Å²) in [6, 6.07) is 3.55. The summed E-state index contributed by atoms with van der Waals surface area (Å²) in [4.78, 5) is 3.97. The molecular formula is C14H19F2N3S. The van der Waals surface area contributed by atoms with Gasteiger partial charge >= 0.3 is 0 Å². The summed E-state index contributed by atoms with van der Waals surface area (Å²) in [6.45, 7) is 5.45. The quantitative estimate of drug-likeness (QED) is 0.848. The SMILES string of the molecule is CC1CN(c2ccc(C(N)=S)c(F)c2F)CC(C)N1C. The molecule has 1 aromatic rings. The number of rotatable bonds is 2. The van der Waals surface area contributed by atoms with Gasteiger partial charge in [0.2, 0.25) is 0 Å². The van der Waals surface area contributed by atoms with Crippen molar-refractivity contribution in [3.63, 3.8) is 0 Å². The lowest BCUT2D eigenvalue weighted by Gasteiger charge is -2.43. The maximum absolute atomic E-state index is 14.2. The number of thiocarbonyl (C=S) groups is 1. The molecule has 0 bridgehead atoms. The van der Waals surface area contributed by atoms with Crippen LogP contribution in [0.1, 0.15) is 19.4 Å². The van der Waals surface area contributed by atoms with Crippen LogP contribution in [-0.4, -0.2) is 42.1 Å². The number of hydrogen-bond acceptors (Lipinski definition) is 3. The van der Waals surface area contributed by atoms with Crippen molar-refractivity contribution in [1.29, 1.82) is 0 Å². The lowest BCUT2D eigenvalue weighted by atomic mass is 10.1. The van der Waals surface area contributed by atoms with Crippen LogP contribution in [-0.2, 0) is 0 Å². The van der Waals surface area contributed by atoms with Gasteiger partial charge in [-0.15, -0.1) is 0 Å². The lowest BCUT2D eigenvalue weighted by Crippen LogP contribution is -2.55. The molecule has 110 valence electrons. The van der Waals surface area contributed by atoms with Crippen molar-refractivity contribution in [2.24, 2.45) is 5.73 Å². The van der Waals surface area contributed by atoms with Crippen molar-refractivity contribution in [2.45, 2.75) is 25.9 Å². The second kappa shape index (κ2) is 5.61. The molecule has 1 heterocycles. The van der Waals surface area contributed by atoms with Crippen molar-refractivity contribution in [1.82, 2.24) is 4.90 Å². The van der Waals surface area contributed by atoms with Crippen molar-refractivity contribution in [3.05, 3.63) is 29.3 Å². The van der Waals surface area contributed by atoms with Crippen LogP contribution >= 0.6 is 12.2 Å². The van der Waals surface area contributed by atoms with Crippen LogP contribution in [0.15, 0.2) is 12.1 Å². The zero-order chi connectivity index (χ0) is 15.0. The third-order valence-corrected chi connectivity index (χ3v) is 4.25. The van der Waals surface area contributed by atoms with Crippen LogP contribution in [0.5, 0.6) is 0 Å². The van der Waals surface area contributed by atoms with E-state index in [1.807, 2.05) is 11.9 Å². The van der Waals surface area contributed by atoms with Gasteiger partial charge in [-0.25, -0.2) is 8.78 Å². The smallest absolute Gasteiger partial charge is 0.182 e. The largest absolute Gasteiger partial charge is 0.389 e. The monoisotopic (exact) mass is 299 g/mol. The third kappa shape index (κ3) is 2.62. The first kappa shape index (κ1) is 15.1. The molecule has 6 heteroatoms. The Hall–Kier alpha value is -1.27. The number of anilines is 1. The minimum absolute atomic E-state index is 0.0449. The molecule has 0 spiro atoms. The Morgan fingerprint density at radius 2 is 1.75 bits per heavy atom. The third-order valence-electron chi connectivity index (χ3n) is 4.03. The second-order valence-electron chi connectivity index (χ2n) is 5.39. The molecule has 1 aliphatic heterocycles. The van der Waals surface area contributed by atoms with Gasteiger partial charge in [0.15, 0.2) is 11.6 Å². The van der Waals surface area contributed by atoms with E-state index in [0.717, 1.165) is 0 Å². The van der Waals surface area contributed by atoms with E-state index in [0.29, 0.717) is 13.1 Å². The highest BCUT2D eigenvalue weighted by atomic mass is 32.1. The van der Waals surface area contributed by atoms with Crippen molar-refractivity contribution < 1.29 is 8.78 Å². The molecule has 1 aliphatic rings. The predicted molar refractivity (Wildman–Crippen MR) is 81.1 cm³/mol. The van der Waals surface area contributed by atoms with Gasteiger partial charge in [0.05, 0.1) is 5.69 Å². The number of halogens is 2. The fourth-order valence-electron chi connectivity index (χ4n) is 2.57. The average Bonchev–Trinajstić information content (AvgIpc) is 2.38. The van der Waals surface area contributed by atoms with Gasteiger partial charge in [-0.05, 0) is 33.0 Å². The van der Waals surface area contributed by atoms with Gasteiger partial charge < -0.3 is 10.6 Å². The van der Waals surface area contributed by atoms with Gasteiger partial charge in [0.1, 0.15) is 4.99 Å². The Balaban J connectivity index is 2.34. The molecule has 0 radical (unpaired) electrons. The molecule has 20 heavy (non-hydrogen) atoms. The highest BCUT2D eigenvalue weighted by Gasteiger charge is 2.29. The van der Waals surface area contributed by atoms with Crippen LogP contribution < -0.4 is 10.6 Å². The van der Waals surface area contributed by atoms with E-state index in [4.69, 9.17) is 18.0 Å². The summed E-state index contributed by atoms with van der Waals surface area (Å²) < 4.78 is 28.2. The molecular weight excluding hydrogens is 280 g/mol. The van der Waals surface area contributed by atoms with Crippen LogP contribution in [0.25, 0.3) is 0 Å². The Morgan fingerprint density at radius 3 is 2.25 bits per heavy atom. The van der Waals surface area contributed by atoms with E-state index < -0.39 is 11.6 Å². The molecule has 1 saturated heterocycles. The Morgan fingerprint density at radius 1 is 1.20 bits per heavy atom. The maximum Gasteiger partial charge on any atom is 0.182 e. The van der Waals surface area contributed by atoms with Gasteiger partial charge in [-0.3, -0.25) is 4.90 Å². The molecule has 1 aromatic carbocycles. The zero-order valence-corrected chi connectivity index (χ0v) is 12.7. The first-order valence-electron chi connectivity index (χ1n) is 6.57. The highest BCUT2D eigenvalue weighted by Crippen LogP contribution is 2.27. The summed E-state index contributed by atoms with van der Waals surface area (Å²) in [7, 11) is 2.04. The molecule has 3 nitrogen and oxygen atoms in total. The predicted octanol–water partition coefficient (Wildman–Crippen LogP) is 2.13. The van der Waals surface area contributed by atoms with Crippen LogP contribution in [0.2, 0.25) is 0 Å². The topological polar surface area (TPSA) is 32.5 Å². The van der Waals surface area contributed by atoms with Crippen molar-refractivity contribution >= 4 is 22.9 Å². The van der Waals surface area contributed by atoms with Crippen LogP contribution in [0.3, 0.4) is 0 Å². The van der Waals surface area contributed by atoms with Crippen molar-refractivity contribution in [3.8, 4) is 0 Å². The first-order chi connectivity index (χ1) is 9.32. The van der Waals surface area contributed by atoms with Gasteiger partial charge in [-0.1, -0.05) is 12.2 Å². The highest BCUT2D eigenvalue weighted by molar-refractivity contribution is 7.80. The maximum atomic E-state index is 14.2. The lowest BCUT2D eigenvalue weighted by molar-refractivity contribution is 0.169. The molecule has 2 rings (SSSR count). The van der Waals surface area contributed by atoms with Crippen LogP contribution in [0.4, 0.5) is 14.5 Å². The summed E-state index contributed by atoms with van der Waals surface area (Å²) in [6.07, 6.45) is 0. The minimum atomic E-state index is -0.964. The van der Waals surface area contributed by atoms with E-state index in [2.05, 4.69) is 18.7 Å². The Kier molecular flexibility index (Phi) is 4.25. The van der Waals surface area contributed by atoms with Gasteiger partial charge in [-0.2, -0.15) is 0 Å². The molecule has 0 saturated carbocycles. The number of hydrogen-bond donors (Lipinski definition) is 1. The second-order valence-corrected chi connectivity index (χ2v) is 5.83. The summed E-state index contributed by atoms with van der Waals surface area (Å²) >= 11 is 4.71. The summed E-state index contributed by atoms with van der Waals surface area (Å²) in [5, 5.41) is 0. The molecule has 2 atom stereocenters. The van der Waals surface area contributed by atoms with Crippen molar-refractivity contribution in [2.75, 3.05) is 25.0 Å². The normalized spacial score (nSPS) is 23.9. The summed E-state index contributed by atoms with van der Waals surface area (Å²) in [5.41, 5.74) is 5.61. The number of benzene rings is 1. The standard InChI is InChI=1S/C14H19F2N3S/c1-8-6-19(7-9(2)18(8)3)11-5-4-10(14(17)20)12(15)13(11)16/h4-5,8-9H,6-7H2,1-3H3,(H2,17,20). The van der Waals surface area contributed by atoms with Gasteiger partial charge in [0, 0.05) is 30.7 Å². The Labute approximate surface area is 123 Å². The summed E-state index contributed by atoms with van der Waals surface area (Å²) in [5.74, 6) is -1.84. The molecule has 1 fully saturated rings. The minimum Gasteiger partial charge on any atom is -0.389 e.